The molecule has 4 N–H and O–H groups in total. The van der Waals surface area contributed by atoms with Crippen LogP contribution in [0.15, 0.2) is 59.6 Å². The minimum absolute atomic E-state index is 0.00403. The molecule has 0 aliphatic carbocycles. The number of carbonyl (C=O) groups is 4. The molecule has 0 aromatic heterocycles. The highest BCUT2D eigenvalue weighted by molar-refractivity contribution is 6.23. The fraction of sp³-hybridized carbons (Fsp3) is 0.370. The van der Waals surface area contributed by atoms with Crippen LogP contribution in [0.5, 0.6) is 0 Å². The van der Waals surface area contributed by atoms with E-state index < -0.39 is 35.8 Å². The number of carboxylic acids is 1. The molecule has 3 rings (SSSR count). The largest absolute Gasteiger partial charge is 0.480 e. The number of rotatable bonds is 14. The first kappa shape index (κ1) is 27.5. The van der Waals surface area contributed by atoms with E-state index in [4.69, 9.17) is 15.6 Å². The van der Waals surface area contributed by atoms with Crippen LogP contribution in [-0.2, 0) is 20.9 Å². The molecular weight excluding hydrogens is 476 g/mol. The number of imide groups is 1. The van der Waals surface area contributed by atoms with Crippen LogP contribution < -0.4 is 11.1 Å². The van der Waals surface area contributed by atoms with Crippen LogP contribution in [0.4, 0.5) is 0 Å². The van der Waals surface area contributed by atoms with Gasteiger partial charge in [-0.25, -0.2) is 0 Å². The van der Waals surface area contributed by atoms with Crippen LogP contribution in [0.3, 0.4) is 0 Å². The fourth-order valence-electron chi connectivity index (χ4n) is 4.37. The number of hydrogen-bond acceptors (Lipinski definition) is 6. The van der Waals surface area contributed by atoms with E-state index in [1.165, 1.54) is 0 Å². The van der Waals surface area contributed by atoms with Crippen molar-refractivity contribution in [3.05, 3.63) is 71.3 Å². The highest BCUT2D eigenvalue weighted by Crippen LogP contribution is 2.35. The second-order valence-corrected chi connectivity index (χ2v) is 8.87. The van der Waals surface area contributed by atoms with E-state index in [0.717, 1.165) is 10.5 Å². The number of amides is 3. The third-order valence-corrected chi connectivity index (χ3v) is 6.18. The van der Waals surface area contributed by atoms with Crippen molar-refractivity contribution in [3.63, 3.8) is 0 Å². The number of ether oxygens (including phenoxy) is 1. The molecule has 1 unspecified atom stereocenters. The average Bonchev–Trinajstić information content (AvgIpc) is 3.14. The molecule has 1 atom stereocenters. The molecule has 1 aliphatic heterocycles. The van der Waals surface area contributed by atoms with E-state index in [1.807, 2.05) is 30.3 Å². The molecule has 37 heavy (non-hydrogen) atoms. The number of aliphatic carboxylic acids is 1. The number of unbranched alkanes of at least 4 members (excludes halogenated alkanes) is 1. The molecule has 196 valence electrons. The smallest absolute Gasteiger partial charge is 0.322 e. The molecule has 0 bridgehead atoms. The first-order chi connectivity index (χ1) is 17.8. The second kappa shape index (κ2) is 12.8. The molecule has 0 saturated carbocycles. The zero-order valence-corrected chi connectivity index (χ0v) is 20.8. The normalized spacial score (nSPS) is 14.8. The molecule has 2 aromatic carbocycles. The monoisotopic (exact) mass is 508 g/mol. The number of nitrogens with two attached hydrogens (primary N) is 1. The topological polar surface area (TPSA) is 151 Å². The van der Waals surface area contributed by atoms with Crippen LogP contribution in [0.2, 0.25) is 0 Å². The Balaban J connectivity index is 1.90. The average molecular weight is 509 g/mol. The van der Waals surface area contributed by atoms with Gasteiger partial charge in [0.2, 0.25) is 5.91 Å². The van der Waals surface area contributed by atoms with E-state index in [0.29, 0.717) is 25.2 Å². The fourth-order valence-corrected chi connectivity index (χ4v) is 4.37. The van der Waals surface area contributed by atoms with Gasteiger partial charge in [-0.2, -0.15) is 0 Å². The maximum absolute atomic E-state index is 13.6. The summed E-state index contributed by atoms with van der Waals surface area (Å²) < 4.78 is 5.83. The zero-order valence-electron chi connectivity index (χ0n) is 20.8. The van der Waals surface area contributed by atoms with Crippen molar-refractivity contribution in [3.8, 4) is 0 Å². The van der Waals surface area contributed by atoms with Crippen LogP contribution in [-0.4, -0.2) is 64.8 Å². The maximum atomic E-state index is 13.6. The summed E-state index contributed by atoms with van der Waals surface area (Å²) >= 11 is 0. The number of nitrogens with zero attached hydrogens (tertiary/aromatic N) is 2. The van der Waals surface area contributed by atoms with Crippen LogP contribution in [0.25, 0.3) is 0 Å². The SMILES string of the molecule is CC(N)=NCCCCC(CCOCc1ccccc1)(C(=O)NCC(=O)O)N1C(=O)c2ccccc2C1=O. The summed E-state index contributed by atoms with van der Waals surface area (Å²) in [5.41, 5.74) is 5.29. The number of fused-ring (bicyclic) bond motifs is 1. The number of carboxylic acid groups (broad SMARTS) is 1. The van der Waals surface area contributed by atoms with Gasteiger partial charge in [0.15, 0.2) is 0 Å². The van der Waals surface area contributed by atoms with Crippen LogP contribution >= 0.6 is 0 Å². The first-order valence-corrected chi connectivity index (χ1v) is 12.1. The lowest BCUT2D eigenvalue weighted by molar-refractivity contribution is -0.140. The van der Waals surface area contributed by atoms with Crippen molar-refractivity contribution in [2.75, 3.05) is 19.7 Å². The Morgan fingerprint density at radius 1 is 1.00 bits per heavy atom. The molecule has 1 heterocycles. The van der Waals surface area contributed by atoms with Crippen molar-refractivity contribution in [1.29, 1.82) is 0 Å². The molecule has 0 spiro atoms. The lowest BCUT2D eigenvalue weighted by Crippen LogP contribution is -2.61. The summed E-state index contributed by atoms with van der Waals surface area (Å²) in [6.45, 7) is 1.78. The molecule has 10 nitrogen and oxygen atoms in total. The lowest BCUT2D eigenvalue weighted by Gasteiger charge is -2.39. The standard InChI is InChI=1S/C27H32N4O6/c1-19(28)29-15-8-7-13-27(26(36)30-17-23(32)33,14-16-37-18-20-9-3-2-4-10-20)31-24(34)21-11-5-6-12-22(21)25(31)35/h2-6,9-12H,7-8,13-18H2,1H3,(H2,28,29)(H,30,36)(H,32,33). The quantitative estimate of drug-likeness (QED) is 0.153. The molecule has 0 fully saturated rings. The van der Waals surface area contributed by atoms with Gasteiger partial charge in [-0.1, -0.05) is 42.5 Å². The Morgan fingerprint density at radius 3 is 2.22 bits per heavy atom. The number of benzene rings is 2. The number of nitrogens with one attached hydrogen (secondary N) is 1. The van der Waals surface area contributed by atoms with Crippen LogP contribution in [0, 0.1) is 0 Å². The minimum Gasteiger partial charge on any atom is -0.480 e. The Bertz CT molecular complexity index is 1130. The zero-order chi connectivity index (χ0) is 26.8. The Hall–Kier alpha value is -4.05. The van der Waals surface area contributed by atoms with Crippen molar-refractivity contribution in [1.82, 2.24) is 10.2 Å². The van der Waals surface area contributed by atoms with Gasteiger partial charge in [-0.15, -0.1) is 0 Å². The lowest BCUT2D eigenvalue weighted by atomic mass is 9.85. The molecule has 2 aromatic rings. The predicted molar refractivity (Wildman–Crippen MR) is 137 cm³/mol. The summed E-state index contributed by atoms with van der Waals surface area (Å²) in [5, 5.41) is 11.6. The minimum atomic E-state index is -1.65. The van der Waals surface area contributed by atoms with E-state index in [-0.39, 0.29) is 37.2 Å². The van der Waals surface area contributed by atoms with E-state index in [1.54, 1.807) is 31.2 Å². The van der Waals surface area contributed by atoms with Gasteiger partial charge >= 0.3 is 5.97 Å². The van der Waals surface area contributed by atoms with Gasteiger partial charge in [0, 0.05) is 19.6 Å². The molecule has 10 heteroatoms. The van der Waals surface area contributed by atoms with E-state index in [9.17, 15) is 19.2 Å². The van der Waals surface area contributed by atoms with Gasteiger partial charge in [-0.05, 0) is 43.9 Å². The first-order valence-electron chi connectivity index (χ1n) is 12.1. The van der Waals surface area contributed by atoms with E-state index in [2.05, 4.69) is 10.3 Å². The Kier molecular flexibility index (Phi) is 9.51. The number of aliphatic imine (C=N–C) groups is 1. The van der Waals surface area contributed by atoms with Crippen molar-refractivity contribution in [2.45, 2.75) is 44.8 Å². The van der Waals surface area contributed by atoms with Crippen molar-refractivity contribution < 1.29 is 29.0 Å². The highest BCUT2D eigenvalue weighted by Gasteiger charge is 2.53. The Labute approximate surface area is 215 Å². The molecule has 3 amide bonds. The summed E-state index contributed by atoms with van der Waals surface area (Å²) in [6, 6.07) is 15.8. The summed E-state index contributed by atoms with van der Waals surface area (Å²) in [6.07, 6.45) is 1.09. The maximum Gasteiger partial charge on any atom is 0.322 e. The van der Waals surface area contributed by atoms with E-state index >= 15 is 0 Å². The van der Waals surface area contributed by atoms with Gasteiger partial charge in [0.05, 0.1) is 23.6 Å². The summed E-state index contributed by atoms with van der Waals surface area (Å²) in [4.78, 5) is 56.9. The van der Waals surface area contributed by atoms with Gasteiger partial charge in [0.1, 0.15) is 12.1 Å². The molecule has 0 saturated heterocycles. The third kappa shape index (κ3) is 6.79. The third-order valence-electron chi connectivity index (χ3n) is 6.18. The van der Waals surface area contributed by atoms with Gasteiger partial charge < -0.3 is 20.9 Å². The van der Waals surface area contributed by atoms with Gasteiger partial charge in [0.25, 0.3) is 11.8 Å². The predicted octanol–water partition coefficient (Wildman–Crippen LogP) is 2.38. The number of carbonyl (C=O) groups excluding carboxylic acids is 3. The molecule has 1 aliphatic rings. The number of amidine groups is 1. The van der Waals surface area contributed by atoms with Crippen molar-refractivity contribution in [2.24, 2.45) is 10.7 Å². The summed E-state index contributed by atoms with van der Waals surface area (Å²) in [7, 11) is 0. The Morgan fingerprint density at radius 2 is 1.62 bits per heavy atom. The molecule has 0 radical (unpaired) electrons. The summed E-state index contributed by atoms with van der Waals surface area (Å²) in [5.74, 6) is -2.71. The highest BCUT2D eigenvalue weighted by atomic mass is 16.5. The van der Waals surface area contributed by atoms with Crippen LogP contribution in [0.1, 0.15) is 58.9 Å². The van der Waals surface area contributed by atoms with Gasteiger partial charge in [-0.3, -0.25) is 29.1 Å². The van der Waals surface area contributed by atoms with Crippen molar-refractivity contribution >= 4 is 29.5 Å². The number of hydrogen-bond donors (Lipinski definition) is 3. The second-order valence-electron chi connectivity index (χ2n) is 8.87. The molecular formula is C27H32N4O6.